The lowest BCUT2D eigenvalue weighted by Gasteiger charge is -2.29. The van der Waals surface area contributed by atoms with E-state index < -0.39 is 0 Å². The molecule has 1 fully saturated rings. The lowest BCUT2D eigenvalue weighted by Crippen LogP contribution is -2.31. The Morgan fingerprint density at radius 3 is 2.75 bits per heavy atom. The molecule has 0 radical (unpaired) electrons. The topological polar surface area (TPSA) is 68.0 Å². The van der Waals surface area contributed by atoms with Gasteiger partial charge in [-0.2, -0.15) is 0 Å². The first-order valence-corrected chi connectivity index (χ1v) is 10.6. The number of aromatic nitrogens is 2. The van der Waals surface area contributed by atoms with Crippen molar-refractivity contribution >= 4 is 32.7 Å². The van der Waals surface area contributed by atoms with Gasteiger partial charge in [-0.05, 0) is 84.5 Å². The van der Waals surface area contributed by atoms with E-state index in [4.69, 9.17) is 4.52 Å². The molecule has 0 unspecified atom stereocenters. The summed E-state index contributed by atoms with van der Waals surface area (Å²) in [4.78, 5) is 16.6. The van der Waals surface area contributed by atoms with Crippen molar-refractivity contribution in [1.29, 1.82) is 0 Å². The van der Waals surface area contributed by atoms with Crippen LogP contribution in [0.15, 0.2) is 45.5 Å². The molecule has 5 nitrogen and oxygen atoms in total. The van der Waals surface area contributed by atoms with Crippen LogP contribution in [0.25, 0.3) is 10.9 Å². The fourth-order valence-electron chi connectivity index (χ4n) is 4.13. The summed E-state index contributed by atoms with van der Waals surface area (Å²) in [5.74, 6) is 1.74. The number of rotatable bonds is 5. The van der Waals surface area contributed by atoms with Crippen molar-refractivity contribution < 1.29 is 9.32 Å². The summed E-state index contributed by atoms with van der Waals surface area (Å²) in [6, 6.07) is 10.1. The number of nitrogens with one attached hydrogen (secondary N) is 1. The molecule has 0 aliphatic heterocycles. The predicted molar refractivity (Wildman–Crippen MR) is 112 cm³/mol. The molecule has 1 aromatic carbocycles. The van der Waals surface area contributed by atoms with Crippen LogP contribution in [0.2, 0.25) is 0 Å². The maximum absolute atomic E-state index is 12.1. The lowest BCUT2D eigenvalue weighted by molar-refractivity contribution is 0.0932. The summed E-state index contributed by atoms with van der Waals surface area (Å²) < 4.78 is 6.02. The van der Waals surface area contributed by atoms with E-state index in [0.29, 0.717) is 29.8 Å². The Morgan fingerprint density at radius 2 is 2.00 bits per heavy atom. The van der Waals surface area contributed by atoms with Gasteiger partial charge in [0.1, 0.15) is 5.76 Å². The molecule has 1 aliphatic carbocycles. The molecular weight excluding hydrogens is 418 g/mol. The predicted octanol–water partition coefficient (Wildman–Crippen LogP) is 5.07. The number of carbonyl (C=O) groups excluding carboxylic acids is 1. The van der Waals surface area contributed by atoms with Gasteiger partial charge in [0.15, 0.2) is 5.69 Å². The molecular formula is C22H24BrN3O2. The van der Waals surface area contributed by atoms with Crippen molar-refractivity contribution in [3.8, 4) is 0 Å². The molecule has 146 valence electrons. The van der Waals surface area contributed by atoms with Gasteiger partial charge in [0.25, 0.3) is 5.91 Å². The zero-order valence-corrected chi connectivity index (χ0v) is 17.5. The number of pyridine rings is 1. The summed E-state index contributed by atoms with van der Waals surface area (Å²) in [5.41, 5.74) is 2.78. The molecule has 6 heteroatoms. The average molecular weight is 442 g/mol. The molecule has 0 atom stereocenters. The largest absolute Gasteiger partial charge is 0.361 e. The molecule has 2 aromatic heterocycles. The SMILES string of the molecule is Cc1cc(C(=O)NCC2CCC(Cc3ccnc4c(Br)cccc34)CC2)no1. The highest BCUT2D eigenvalue weighted by Gasteiger charge is 2.23. The van der Waals surface area contributed by atoms with Crippen LogP contribution in [-0.2, 0) is 6.42 Å². The minimum Gasteiger partial charge on any atom is -0.361 e. The summed E-state index contributed by atoms with van der Waals surface area (Å²) in [7, 11) is 0. The number of amides is 1. The van der Waals surface area contributed by atoms with Gasteiger partial charge in [0.05, 0.1) is 5.52 Å². The van der Waals surface area contributed by atoms with E-state index >= 15 is 0 Å². The fraction of sp³-hybridized carbons (Fsp3) is 0.409. The number of para-hydroxylation sites is 1. The van der Waals surface area contributed by atoms with E-state index in [0.717, 1.165) is 29.3 Å². The number of aryl methyl sites for hydroxylation is 1. The molecule has 0 bridgehead atoms. The van der Waals surface area contributed by atoms with Crippen LogP contribution in [-0.4, -0.2) is 22.6 Å². The second kappa shape index (κ2) is 8.43. The third kappa shape index (κ3) is 4.27. The Labute approximate surface area is 173 Å². The zero-order chi connectivity index (χ0) is 19.5. The normalized spacial score (nSPS) is 19.6. The Kier molecular flexibility index (Phi) is 5.76. The average Bonchev–Trinajstić information content (AvgIpc) is 3.14. The first-order chi connectivity index (χ1) is 13.6. The third-order valence-electron chi connectivity index (χ3n) is 5.70. The van der Waals surface area contributed by atoms with Gasteiger partial charge in [-0.25, -0.2) is 0 Å². The number of hydrogen-bond donors (Lipinski definition) is 1. The summed E-state index contributed by atoms with van der Waals surface area (Å²) >= 11 is 3.60. The Morgan fingerprint density at radius 1 is 1.21 bits per heavy atom. The van der Waals surface area contributed by atoms with Gasteiger partial charge in [0, 0.05) is 28.7 Å². The summed E-state index contributed by atoms with van der Waals surface area (Å²) in [6.07, 6.45) is 7.69. The van der Waals surface area contributed by atoms with Gasteiger partial charge in [-0.1, -0.05) is 17.3 Å². The monoisotopic (exact) mass is 441 g/mol. The highest BCUT2D eigenvalue weighted by molar-refractivity contribution is 9.10. The van der Waals surface area contributed by atoms with Crippen LogP contribution in [0.4, 0.5) is 0 Å². The number of nitrogens with zero attached hydrogens (tertiary/aromatic N) is 2. The highest BCUT2D eigenvalue weighted by Crippen LogP contribution is 2.33. The minimum atomic E-state index is -0.146. The van der Waals surface area contributed by atoms with Gasteiger partial charge in [-0.15, -0.1) is 0 Å². The molecule has 3 aromatic rings. The van der Waals surface area contributed by atoms with Crippen molar-refractivity contribution in [2.24, 2.45) is 11.8 Å². The van der Waals surface area contributed by atoms with Crippen molar-refractivity contribution in [3.63, 3.8) is 0 Å². The van der Waals surface area contributed by atoms with Crippen LogP contribution >= 0.6 is 15.9 Å². The molecule has 2 heterocycles. The zero-order valence-electron chi connectivity index (χ0n) is 16.0. The highest BCUT2D eigenvalue weighted by atomic mass is 79.9. The van der Waals surface area contributed by atoms with E-state index in [2.05, 4.69) is 49.6 Å². The summed E-state index contributed by atoms with van der Waals surface area (Å²) in [5, 5.41) is 8.02. The van der Waals surface area contributed by atoms with Crippen LogP contribution in [0, 0.1) is 18.8 Å². The van der Waals surface area contributed by atoms with E-state index in [1.165, 1.54) is 23.8 Å². The molecule has 1 saturated carbocycles. The first-order valence-electron chi connectivity index (χ1n) is 9.84. The van der Waals surface area contributed by atoms with Crippen molar-refractivity contribution in [1.82, 2.24) is 15.5 Å². The number of fused-ring (bicyclic) bond motifs is 1. The van der Waals surface area contributed by atoms with Crippen LogP contribution in [0.3, 0.4) is 0 Å². The molecule has 1 N–H and O–H groups in total. The standard InChI is InChI=1S/C22H24BrN3O2/c1-14-11-20(26-28-14)22(27)25-13-16-7-5-15(6-8-16)12-17-9-10-24-21-18(17)3-2-4-19(21)23/h2-4,9-11,15-16H,5-8,12-13H2,1H3,(H,25,27). The quantitative estimate of drug-likeness (QED) is 0.599. The van der Waals surface area contributed by atoms with Crippen LogP contribution in [0.5, 0.6) is 0 Å². The van der Waals surface area contributed by atoms with Crippen molar-refractivity contribution in [2.45, 2.75) is 39.0 Å². The number of carbonyl (C=O) groups is 1. The van der Waals surface area contributed by atoms with E-state index in [1.807, 2.05) is 12.3 Å². The maximum Gasteiger partial charge on any atom is 0.273 e. The van der Waals surface area contributed by atoms with Crippen molar-refractivity contribution in [3.05, 3.63) is 58.0 Å². The molecule has 0 spiro atoms. The number of hydrogen-bond acceptors (Lipinski definition) is 4. The van der Waals surface area contributed by atoms with E-state index in [-0.39, 0.29) is 5.91 Å². The van der Waals surface area contributed by atoms with Crippen molar-refractivity contribution in [2.75, 3.05) is 6.54 Å². The van der Waals surface area contributed by atoms with E-state index in [1.54, 1.807) is 13.0 Å². The van der Waals surface area contributed by atoms with Gasteiger partial charge in [-0.3, -0.25) is 9.78 Å². The Balaban J connectivity index is 1.30. The fourth-order valence-corrected chi connectivity index (χ4v) is 4.60. The molecule has 28 heavy (non-hydrogen) atoms. The van der Waals surface area contributed by atoms with Gasteiger partial charge >= 0.3 is 0 Å². The van der Waals surface area contributed by atoms with Crippen LogP contribution in [0.1, 0.15) is 47.5 Å². The summed E-state index contributed by atoms with van der Waals surface area (Å²) in [6.45, 7) is 2.50. The van der Waals surface area contributed by atoms with Crippen LogP contribution < -0.4 is 5.32 Å². The smallest absolute Gasteiger partial charge is 0.273 e. The molecule has 0 saturated heterocycles. The molecule has 4 rings (SSSR count). The molecule has 1 aliphatic rings. The third-order valence-corrected chi connectivity index (χ3v) is 6.34. The number of halogens is 1. The minimum absolute atomic E-state index is 0.146. The Hall–Kier alpha value is -2.21. The first kappa shape index (κ1) is 19.1. The van der Waals surface area contributed by atoms with Gasteiger partial charge < -0.3 is 9.84 Å². The van der Waals surface area contributed by atoms with Gasteiger partial charge in [0.2, 0.25) is 0 Å². The maximum atomic E-state index is 12.1. The molecule has 1 amide bonds. The second-order valence-electron chi connectivity index (χ2n) is 7.73. The Bertz CT molecular complexity index is 977. The second-order valence-corrected chi connectivity index (χ2v) is 8.58. The van der Waals surface area contributed by atoms with E-state index in [9.17, 15) is 4.79 Å². The lowest BCUT2D eigenvalue weighted by atomic mass is 9.79. The number of benzene rings is 1.